The van der Waals surface area contributed by atoms with Crippen LogP contribution in [0.15, 0.2) is 24.3 Å². The lowest BCUT2D eigenvalue weighted by molar-refractivity contribution is -0.384. The van der Waals surface area contributed by atoms with E-state index in [1.54, 1.807) is 12.1 Å². The zero-order chi connectivity index (χ0) is 13.2. The molecule has 1 aromatic rings. The number of nitro groups is 1. The van der Waals surface area contributed by atoms with Crippen LogP contribution in [-0.2, 0) is 0 Å². The van der Waals surface area contributed by atoms with Gasteiger partial charge in [0.25, 0.3) is 5.69 Å². The molecule has 1 atom stereocenters. The third-order valence-electron chi connectivity index (χ3n) is 3.66. The zero-order valence-electron chi connectivity index (χ0n) is 10.7. The van der Waals surface area contributed by atoms with Crippen LogP contribution in [0.25, 0.3) is 0 Å². The van der Waals surface area contributed by atoms with E-state index in [1.165, 1.54) is 12.3 Å². The van der Waals surface area contributed by atoms with E-state index >= 15 is 0 Å². The summed E-state index contributed by atoms with van der Waals surface area (Å²) in [5.74, 6) is 1.32. The van der Waals surface area contributed by atoms with Gasteiger partial charge in [0.1, 0.15) is 0 Å². The molecule has 19 heavy (non-hydrogen) atoms. The number of non-ortho nitro benzene ring substituents is 1. The third kappa shape index (κ3) is 3.19. The molecule has 3 rings (SSSR count). The zero-order valence-corrected chi connectivity index (χ0v) is 11.5. The topological polar surface area (TPSA) is 49.6 Å². The number of anilines is 1. The van der Waals surface area contributed by atoms with Crippen molar-refractivity contribution in [3.05, 3.63) is 34.4 Å². The fourth-order valence-corrected chi connectivity index (χ4v) is 2.99. The predicted molar refractivity (Wildman–Crippen MR) is 78.0 cm³/mol. The van der Waals surface area contributed by atoms with E-state index in [-0.39, 0.29) is 10.6 Å². The molecule has 6 heteroatoms. The normalized spacial score (nSPS) is 23.4. The van der Waals surface area contributed by atoms with Crippen molar-refractivity contribution in [2.75, 3.05) is 43.4 Å². The Hall–Kier alpha value is -1.27. The van der Waals surface area contributed by atoms with E-state index in [0.717, 1.165) is 37.1 Å². The lowest BCUT2D eigenvalue weighted by Gasteiger charge is -2.36. The monoisotopic (exact) mass is 279 g/mol. The largest absolute Gasteiger partial charge is 0.369 e. The number of piperazine rings is 1. The molecule has 2 fully saturated rings. The minimum Gasteiger partial charge on any atom is -0.369 e. The van der Waals surface area contributed by atoms with E-state index in [4.69, 9.17) is 0 Å². The Balaban J connectivity index is 1.56. The number of nitrogens with zero attached hydrogens (tertiary/aromatic N) is 3. The molecule has 2 heterocycles. The summed E-state index contributed by atoms with van der Waals surface area (Å²) in [5, 5.41) is 11.5. The van der Waals surface area contributed by atoms with Crippen molar-refractivity contribution in [1.82, 2.24) is 4.90 Å². The molecule has 0 bridgehead atoms. The highest BCUT2D eigenvalue weighted by Crippen LogP contribution is 2.31. The third-order valence-corrected chi connectivity index (χ3v) is 4.62. The molecule has 0 saturated carbocycles. The van der Waals surface area contributed by atoms with Crippen molar-refractivity contribution < 1.29 is 4.92 Å². The van der Waals surface area contributed by atoms with E-state index in [9.17, 15) is 10.1 Å². The first kappa shape index (κ1) is 12.7. The van der Waals surface area contributed by atoms with Gasteiger partial charge in [0, 0.05) is 61.5 Å². The van der Waals surface area contributed by atoms with Crippen molar-refractivity contribution in [2.24, 2.45) is 0 Å². The van der Waals surface area contributed by atoms with Gasteiger partial charge in [-0.3, -0.25) is 15.0 Å². The van der Waals surface area contributed by atoms with Crippen molar-refractivity contribution >= 4 is 23.1 Å². The van der Waals surface area contributed by atoms with Gasteiger partial charge in [-0.25, -0.2) is 0 Å². The fraction of sp³-hybridized carbons (Fsp3) is 0.538. The number of hydrogen-bond donors (Lipinski definition) is 0. The van der Waals surface area contributed by atoms with Crippen LogP contribution in [0, 0.1) is 10.1 Å². The van der Waals surface area contributed by atoms with Crippen LogP contribution < -0.4 is 4.90 Å². The van der Waals surface area contributed by atoms with Crippen LogP contribution >= 0.6 is 11.8 Å². The van der Waals surface area contributed by atoms with Gasteiger partial charge < -0.3 is 4.90 Å². The van der Waals surface area contributed by atoms with Gasteiger partial charge in [0.2, 0.25) is 0 Å². The number of thioether (sulfide) groups is 1. The minimum absolute atomic E-state index is 0.160. The maximum absolute atomic E-state index is 10.6. The Morgan fingerprint density at radius 2 is 1.84 bits per heavy atom. The maximum atomic E-state index is 10.6. The second kappa shape index (κ2) is 5.38. The van der Waals surface area contributed by atoms with Crippen molar-refractivity contribution in [3.63, 3.8) is 0 Å². The molecule has 2 saturated heterocycles. The van der Waals surface area contributed by atoms with E-state index in [1.807, 2.05) is 23.9 Å². The number of hydrogen-bond acceptors (Lipinski definition) is 5. The van der Waals surface area contributed by atoms with Crippen molar-refractivity contribution in [2.45, 2.75) is 5.25 Å². The first-order valence-electron chi connectivity index (χ1n) is 6.56. The molecule has 5 nitrogen and oxygen atoms in total. The van der Waals surface area contributed by atoms with Crippen molar-refractivity contribution in [3.8, 4) is 0 Å². The van der Waals surface area contributed by atoms with E-state index in [0.29, 0.717) is 0 Å². The van der Waals surface area contributed by atoms with E-state index < -0.39 is 0 Å². The highest BCUT2D eigenvalue weighted by molar-refractivity contribution is 8.06. The lowest BCUT2D eigenvalue weighted by Crippen LogP contribution is -2.47. The summed E-state index contributed by atoms with van der Waals surface area (Å²) < 4.78 is 0. The quantitative estimate of drug-likeness (QED) is 0.478. The van der Waals surface area contributed by atoms with E-state index in [2.05, 4.69) is 9.80 Å². The highest BCUT2D eigenvalue weighted by atomic mass is 32.2. The SMILES string of the molecule is O=[N+]([O-])c1ccc(N2CCN(CC3CS3)CC2)cc1. The second-order valence-corrected chi connectivity index (χ2v) is 6.35. The van der Waals surface area contributed by atoms with Gasteiger partial charge in [0.05, 0.1) is 4.92 Å². The fourth-order valence-electron chi connectivity index (χ4n) is 2.44. The minimum atomic E-state index is -0.352. The molecule has 0 aliphatic carbocycles. The molecule has 0 amide bonds. The van der Waals surface area contributed by atoms with Gasteiger partial charge in [-0.1, -0.05) is 0 Å². The number of rotatable bonds is 4. The predicted octanol–water partition coefficient (Wildman–Crippen LogP) is 1.83. The van der Waals surface area contributed by atoms with Crippen LogP contribution in [0.4, 0.5) is 11.4 Å². The summed E-state index contributed by atoms with van der Waals surface area (Å²) in [4.78, 5) is 15.1. The van der Waals surface area contributed by atoms with Gasteiger partial charge in [0.15, 0.2) is 0 Å². The molecule has 0 aromatic heterocycles. The van der Waals surface area contributed by atoms with Crippen LogP contribution in [-0.4, -0.2) is 53.5 Å². The molecule has 102 valence electrons. The summed E-state index contributed by atoms with van der Waals surface area (Å²) in [6.07, 6.45) is 0. The van der Waals surface area contributed by atoms with Gasteiger partial charge in [-0.05, 0) is 12.1 Å². The summed E-state index contributed by atoms with van der Waals surface area (Å²) in [5.41, 5.74) is 1.25. The molecule has 1 unspecified atom stereocenters. The smallest absolute Gasteiger partial charge is 0.269 e. The average Bonchev–Trinajstić information content (AvgIpc) is 3.24. The Bertz CT molecular complexity index is 453. The first-order chi connectivity index (χ1) is 9.22. The highest BCUT2D eigenvalue weighted by Gasteiger charge is 2.27. The molecule has 0 spiro atoms. The van der Waals surface area contributed by atoms with Crippen molar-refractivity contribution in [1.29, 1.82) is 0 Å². The Kier molecular flexibility index (Phi) is 3.61. The Labute approximate surface area is 116 Å². The summed E-state index contributed by atoms with van der Waals surface area (Å²) in [6.45, 7) is 5.42. The molecule has 0 N–H and O–H groups in total. The lowest BCUT2D eigenvalue weighted by atomic mass is 10.2. The maximum Gasteiger partial charge on any atom is 0.269 e. The first-order valence-corrected chi connectivity index (χ1v) is 7.60. The summed E-state index contributed by atoms with van der Waals surface area (Å²) in [6, 6.07) is 6.88. The molecule has 2 aliphatic heterocycles. The van der Waals surface area contributed by atoms with Crippen LogP contribution in [0.5, 0.6) is 0 Å². The number of benzene rings is 1. The summed E-state index contributed by atoms with van der Waals surface area (Å²) in [7, 11) is 0. The van der Waals surface area contributed by atoms with Crippen LogP contribution in [0.2, 0.25) is 0 Å². The molecule has 2 aliphatic rings. The molecular formula is C13H17N3O2S. The van der Waals surface area contributed by atoms with Gasteiger partial charge >= 0.3 is 0 Å². The number of nitro benzene ring substituents is 1. The van der Waals surface area contributed by atoms with Crippen LogP contribution in [0.1, 0.15) is 0 Å². The van der Waals surface area contributed by atoms with Gasteiger partial charge in [-0.15, -0.1) is 0 Å². The molecule has 0 radical (unpaired) electrons. The average molecular weight is 279 g/mol. The Morgan fingerprint density at radius 3 is 2.37 bits per heavy atom. The van der Waals surface area contributed by atoms with Crippen LogP contribution in [0.3, 0.4) is 0 Å². The summed E-state index contributed by atoms with van der Waals surface area (Å²) >= 11 is 2.04. The molecular weight excluding hydrogens is 262 g/mol. The second-order valence-electron chi connectivity index (χ2n) is 5.02. The molecule has 1 aromatic carbocycles. The standard InChI is InChI=1S/C13H17N3O2S/c17-16(18)12-3-1-11(2-4-12)15-7-5-14(6-8-15)9-13-10-19-13/h1-4,13H,5-10H2. The Morgan fingerprint density at radius 1 is 1.21 bits per heavy atom. The van der Waals surface area contributed by atoms with Gasteiger partial charge in [-0.2, -0.15) is 11.8 Å².